The average molecular weight is 353 g/mol. The molecule has 4 nitrogen and oxygen atoms in total. The molecule has 24 heavy (non-hydrogen) atoms. The van der Waals surface area contributed by atoms with E-state index in [-0.39, 0.29) is 11.9 Å². The van der Waals surface area contributed by atoms with Crippen molar-refractivity contribution in [2.24, 2.45) is 0 Å². The summed E-state index contributed by atoms with van der Waals surface area (Å²) in [5.74, 6) is 0.690. The number of amides is 1. The summed E-state index contributed by atoms with van der Waals surface area (Å²) >= 11 is 6.20. The predicted molar refractivity (Wildman–Crippen MR) is 98.9 cm³/mol. The number of piperidine rings is 1. The fraction of sp³-hybridized carbons (Fsp3) is 0.632. The number of rotatable bonds is 6. The van der Waals surface area contributed by atoms with Gasteiger partial charge in [0, 0.05) is 24.2 Å². The van der Waals surface area contributed by atoms with Crippen molar-refractivity contribution in [3.8, 4) is 5.75 Å². The second kappa shape index (κ2) is 8.72. The summed E-state index contributed by atoms with van der Waals surface area (Å²) in [6.45, 7) is 11.2. The van der Waals surface area contributed by atoms with E-state index in [0.717, 1.165) is 48.6 Å². The number of nitrogens with one attached hydrogen (secondary N) is 1. The van der Waals surface area contributed by atoms with E-state index in [0.29, 0.717) is 12.2 Å². The van der Waals surface area contributed by atoms with Gasteiger partial charge in [0.1, 0.15) is 5.75 Å². The molecule has 0 spiro atoms. The Labute approximate surface area is 150 Å². The van der Waals surface area contributed by atoms with Crippen LogP contribution in [-0.4, -0.2) is 42.6 Å². The summed E-state index contributed by atoms with van der Waals surface area (Å²) in [6.07, 6.45) is 2.19. The van der Waals surface area contributed by atoms with Gasteiger partial charge in [-0.3, -0.25) is 4.79 Å². The number of carbonyl (C=O) groups excluding carboxylic acids is 1. The topological polar surface area (TPSA) is 41.6 Å². The summed E-state index contributed by atoms with van der Waals surface area (Å²) in [5.41, 5.74) is 1.93. The highest BCUT2D eigenvalue weighted by molar-refractivity contribution is 6.32. The predicted octanol–water partition coefficient (Wildman–Crippen LogP) is 3.71. The second-order valence-corrected chi connectivity index (χ2v) is 6.98. The molecule has 1 aromatic rings. The quantitative estimate of drug-likeness (QED) is 0.848. The number of hydrogen-bond donors (Lipinski definition) is 1. The molecular formula is C19H29ClN2O2. The van der Waals surface area contributed by atoms with Gasteiger partial charge in [-0.1, -0.05) is 25.4 Å². The summed E-state index contributed by atoms with van der Waals surface area (Å²) in [4.78, 5) is 15.0. The SMILES string of the molecule is CC[C@H](Oc1cc(C)c(Cl)c(C)c1)C(=O)NC1CCN(CC)CC1. The third kappa shape index (κ3) is 4.87. The average Bonchev–Trinajstić information content (AvgIpc) is 2.58. The van der Waals surface area contributed by atoms with E-state index in [2.05, 4.69) is 17.1 Å². The van der Waals surface area contributed by atoms with E-state index in [1.807, 2.05) is 32.9 Å². The number of carbonyl (C=O) groups is 1. The Morgan fingerprint density at radius 3 is 2.38 bits per heavy atom. The largest absolute Gasteiger partial charge is 0.481 e. The van der Waals surface area contributed by atoms with Crippen LogP contribution in [-0.2, 0) is 4.79 Å². The van der Waals surface area contributed by atoms with Crippen molar-refractivity contribution < 1.29 is 9.53 Å². The van der Waals surface area contributed by atoms with Crippen LogP contribution in [0.15, 0.2) is 12.1 Å². The van der Waals surface area contributed by atoms with Gasteiger partial charge >= 0.3 is 0 Å². The van der Waals surface area contributed by atoms with Crippen molar-refractivity contribution in [2.75, 3.05) is 19.6 Å². The lowest BCUT2D eigenvalue weighted by molar-refractivity contribution is -0.129. The Hall–Kier alpha value is -1.26. The van der Waals surface area contributed by atoms with E-state index in [9.17, 15) is 4.79 Å². The normalized spacial score (nSPS) is 17.5. The van der Waals surface area contributed by atoms with Crippen LogP contribution in [0, 0.1) is 13.8 Å². The number of benzene rings is 1. The number of halogens is 1. The molecule has 1 atom stereocenters. The Bertz CT molecular complexity index is 545. The van der Waals surface area contributed by atoms with Gasteiger partial charge in [0.05, 0.1) is 0 Å². The molecule has 0 aliphatic carbocycles. The molecule has 0 saturated carbocycles. The van der Waals surface area contributed by atoms with Crippen LogP contribution in [0.3, 0.4) is 0 Å². The first-order valence-electron chi connectivity index (χ1n) is 8.90. The van der Waals surface area contributed by atoms with Gasteiger partial charge < -0.3 is 15.0 Å². The molecule has 1 aromatic carbocycles. The minimum Gasteiger partial charge on any atom is -0.481 e. The van der Waals surface area contributed by atoms with Crippen LogP contribution in [0.1, 0.15) is 44.2 Å². The molecule has 1 aliphatic heterocycles. The van der Waals surface area contributed by atoms with E-state index < -0.39 is 6.10 Å². The molecule has 0 unspecified atom stereocenters. The minimum absolute atomic E-state index is 0.0160. The Kier molecular flexibility index (Phi) is 6.93. The molecule has 1 N–H and O–H groups in total. The van der Waals surface area contributed by atoms with Crippen LogP contribution in [0.2, 0.25) is 5.02 Å². The maximum absolute atomic E-state index is 12.6. The highest BCUT2D eigenvalue weighted by Gasteiger charge is 2.24. The zero-order valence-corrected chi connectivity index (χ0v) is 15.9. The van der Waals surface area contributed by atoms with Crippen molar-refractivity contribution in [3.05, 3.63) is 28.3 Å². The maximum atomic E-state index is 12.6. The lowest BCUT2D eigenvalue weighted by Gasteiger charge is -2.32. The molecule has 0 aromatic heterocycles. The Morgan fingerprint density at radius 1 is 1.29 bits per heavy atom. The zero-order valence-electron chi connectivity index (χ0n) is 15.2. The smallest absolute Gasteiger partial charge is 0.261 e. The van der Waals surface area contributed by atoms with Crippen molar-refractivity contribution in [2.45, 2.75) is 59.1 Å². The molecule has 0 bridgehead atoms. The highest BCUT2D eigenvalue weighted by atomic mass is 35.5. The fourth-order valence-corrected chi connectivity index (χ4v) is 3.26. The molecule has 134 valence electrons. The van der Waals surface area contributed by atoms with Gasteiger partial charge in [-0.05, 0) is 62.9 Å². The third-order valence-corrected chi connectivity index (χ3v) is 5.33. The van der Waals surface area contributed by atoms with Crippen molar-refractivity contribution >= 4 is 17.5 Å². The van der Waals surface area contributed by atoms with Crippen molar-refractivity contribution in [1.29, 1.82) is 0 Å². The van der Waals surface area contributed by atoms with Crippen LogP contribution in [0.5, 0.6) is 5.75 Å². The van der Waals surface area contributed by atoms with Gasteiger partial charge in [-0.25, -0.2) is 0 Å². The van der Waals surface area contributed by atoms with E-state index in [1.54, 1.807) is 0 Å². The van der Waals surface area contributed by atoms with Gasteiger partial charge in [0.25, 0.3) is 5.91 Å². The molecule has 1 aliphatic rings. The molecular weight excluding hydrogens is 324 g/mol. The van der Waals surface area contributed by atoms with E-state index in [1.165, 1.54) is 0 Å². The highest BCUT2D eigenvalue weighted by Crippen LogP contribution is 2.26. The van der Waals surface area contributed by atoms with Crippen molar-refractivity contribution in [3.63, 3.8) is 0 Å². The van der Waals surface area contributed by atoms with Gasteiger partial charge in [0.15, 0.2) is 6.10 Å². The molecule has 1 amide bonds. The third-order valence-electron chi connectivity index (χ3n) is 4.73. The van der Waals surface area contributed by atoms with E-state index >= 15 is 0 Å². The standard InChI is InChI=1S/C19H29ClN2O2/c1-5-17(24-16-11-13(3)18(20)14(4)12-16)19(23)21-15-7-9-22(6-2)10-8-15/h11-12,15,17H,5-10H2,1-4H3,(H,21,23)/t17-/m0/s1. The lowest BCUT2D eigenvalue weighted by Crippen LogP contribution is -2.48. The van der Waals surface area contributed by atoms with Crippen molar-refractivity contribution in [1.82, 2.24) is 10.2 Å². The number of likely N-dealkylation sites (tertiary alicyclic amines) is 1. The molecule has 5 heteroatoms. The zero-order chi connectivity index (χ0) is 17.7. The minimum atomic E-state index is -0.464. The summed E-state index contributed by atoms with van der Waals surface area (Å²) in [5, 5.41) is 3.91. The second-order valence-electron chi connectivity index (χ2n) is 6.60. The van der Waals surface area contributed by atoms with Crippen LogP contribution in [0.4, 0.5) is 0 Å². The first-order valence-corrected chi connectivity index (χ1v) is 9.28. The molecule has 1 fully saturated rings. The number of hydrogen-bond acceptors (Lipinski definition) is 3. The maximum Gasteiger partial charge on any atom is 0.261 e. The number of aryl methyl sites for hydroxylation is 2. The Balaban J connectivity index is 1.94. The van der Waals surface area contributed by atoms with Crippen LogP contribution >= 0.6 is 11.6 Å². The van der Waals surface area contributed by atoms with Gasteiger partial charge in [-0.2, -0.15) is 0 Å². The lowest BCUT2D eigenvalue weighted by atomic mass is 10.0. The monoisotopic (exact) mass is 352 g/mol. The fourth-order valence-electron chi connectivity index (χ4n) is 3.15. The molecule has 1 saturated heterocycles. The summed E-state index contributed by atoms with van der Waals surface area (Å²) in [6, 6.07) is 4.04. The summed E-state index contributed by atoms with van der Waals surface area (Å²) in [7, 11) is 0. The molecule has 2 rings (SSSR count). The Morgan fingerprint density at radius 2 is 1.88 bits per heavy atom. The first-order chi connectivity index (χ1) is 11.4. The number of ether oxygens (including phenoxy) is 1. The summed E-state index contributed by atoms with van der Waals surface area (Å²) < 4.78 is 5.94. The molecule has 0 radical (unpaired) electrons. The number of nitrogens with zero attached hydrogens (tertiary/aromatic N) is 1. The van der Waals surface area contributed by atoms with Gasteiger partial charge in [0.2, 0.25) is 0 Å². The van der Waals surface area contributed by atoms with E-state index in [4.69, 9.17) is 16.3 Å². The van der Waals surface area contributed by atoms with Crippen LogP contribution < -0.4 is 10.1 Å². The van der Waals surface area contributed by atoms with Gasteiger partial charge in [-0.15, -0.1) is 0 Å². The molecule has 1 heterocycles. The van der Waals surface area contributed by atoms with Crippen LogP contribution in [0.25, 0.3) is 0 Å². The first kappa shape index (κ1) is 19.1.